The largest absolute Gasteiger partial charge is 0.467 e. The van der Waals surface area contributed by atoms with Gasteiger partial charge in [0.05, 0.1) is 12.1 Å². The third-order valence-electron chi connectivity index (χ3n) is 2.31. The maximum absolute atomic E-state index is 13.1. The van der Waals surface area contributed by atoms with Crippen molar-refractivity contribution in [1.29, 1.82) is 0 Å². The molecule has 20 heavy (non-hydrogen) atoms. The Hall–Kier alpha value is -2.15. The zero-order valence-electron chi connectivity index (χ0n) is 10.9. The lowest BCUT2D eigenvalue weighted by molar-refractivity contribution is 0.379. The summed E-state index contributed by atoms with van der Waals surface area (Å²) in [5.74, 6) is 0.171. The molecule has 0 amide bonds. The summed E-state index contributed by atoms with van der Waals surface area (Å²) in [6.45, 7) is 2.58. The smallest absolute Gasteiger partial charge is 0.322 e. The number of anilines is 3. The standard InChI is InChI=1S/C12H13ClFN5O/c1-3-15-10-17-11(19-12(18-10)20-2)16-7-4-5-9(14)8(13)6-7/h4-6H,3H2,1-2H3,(H2,15,16,17,18,19). The minimum Gasteiger partial charge on any atom is -0.467 e. The van der Waals surface area contributed by atoms with Gasteiger partial charge in [0, 0.05) is 12.2 Å². The van der Waals surface area contributed by atoms with E-state index in [1.54, 1.807) is 0 Å². The van der Waals surface area contributed by atoms with E-state index in [0.717, 1.165) is 0 Å². The zero-order valence-corrected chi connectivity index (χ0v) is 11.7. The minimum atomic E-state index is -0.487. The fourth-order valence-electron chi connectivity index (χ4n) is 1.44. The minimum absolute atomic E-state index is 0.0166. The van der Waals surface area contributed by atoms with Crippen molar-refractivity contribution < 1.29 is 9.13 Å². The summed E-state index contributed by atoms with van der Waals surface area (Å²) in [5.41, 5.74) is 0.562. The van der Waals surface area contributed by atoms with Crippen LogP contribution in [0, 0.1) is 5.82 Å². The Morgan fingerprint density at radius 2 is 2.00 bits per heavy atom. The first-order valence-electron chi connectivity index (χ1n) is 5.88. The van der Waals surface area contributed by atoms with Crippen LogP contribution in [0.2, 0.25) is 5.02 Å². The Labute approximate surface area is 120 Å². The van der Waals surface area contributed by atoms with Gasteiger partial charge < -0.3 is 15.4 Å². The second kappa shape index (κ2) is 6.33. The van der Waals surface area contributed by atoms with E-state index in [1.165, 1.54) is 25.3 Å². The van der Waals surface area contributed by atoms with Gasteiger partial charge in [-0.05, 0) is 25.1 Å². The highest BCUT2D eigenvalue weighted by Crippen LogP contribution is 2.22. The second-order valence-electron chi connectivity index (χ2n) is 3.75. The van der Waals surface area contributed by atoms with E-state index in [-0.39, 0.29) is 17.0 Å². The molecule has 0 atom stereocenters. The number of ether oxygens (including phenoxy) is 1. The SMILES string of the molecule is CCNc1nc(Nc2ccc(F)c(Cl)c2)nc(OC)n1. The van der Waals surface area contributed by atoms with Crippen LogP contribution in [0.4, 0.5) is 22.0 Å². The van der Waals surface area contributed by atoms with Crippen molar-refractivity contribution >= 4 is 29.2 Å². The number of halogens is 2. The van der Waals surface area contributed by atoms with Gasteiger partial charge in [0.15, 0.2) is 0 Å². The molecule has 0 unspecified atom stereocenters. The quantitative estimate of drug-likeness (QED) is 0.884. The topological polar surface area (TPSA) is 72.0 Å². The molecule has 0 fully saturated rings. The van der Waals surface area contributed by atoms with Crippen LogP contribution in [0.15, 0.2) is 18.2 Å². The van der Waals surface area contributed by atoms with Crippen molar-refractivity contribution in [2.45, 2.75) is 6.92 Å². The first kappa shape index (κ1) is 14.3. The first-order valence-corrected chi connectivity index (χ1v) is 6.26. The number of nitrogens with one attached hydrogen (secondary N) is 2. The van der Waals surface area contributed by atoms with Crippen LogP contribution in [-0.4, -0.2) is 28.6 Å². The molecule has 0 spiro atoms. The first-order chi connectivity index (χ1) is 9.62. The van der Waals surface area contributed by atoms with E-state index in [2.05, 4.69) is 25.6 Å². The van der Waals surface area contributed by atoms with Crippen LogP contribution in [0.3, 0.4) is 0 Å². The van der Waals surface area contributed by atoms with Crippen molar-refractivity contribution in [2.75, 3.05) is 24.3 Å². The van der Waals surface area contributed by atoms with Gasteiger partial charge >= 0.3 is 6.01 Å². The van der Waals surface area contributed by atoms with Crippen LogP contribution >= 0.6 is 11.6 Å². The van der Waals surface area contributed by atoms with Gasteiger partial charge in [-0.25, -0.2) is 4.39 Å². The average Bonchev–Trinajstić information content (AvgIpc) is 2.43. The number of rotatable bonds is 5. The molecule has 2 N–H and O–H groups in total. The maximum Gasteiger partial charge on any atom is 0.322 e. The molecule has 0 bridgehead atoms. The highest BCUT2D eigenvalue weighted by Gasteiger charge is 2.07. The van der Waals surface area contributed by atoms with E-state index in [1.807, 2.05) is 6.92 Å². The molecular formula is C12H13ClFN5O. The van der Waals surface area contributed by atoms with Gasteiger partial charge in [0.2, 0.25) is 11.9 Å². The van der Waals surface area contributed by atoms with Gasteiger partial charge in [0.1, 0.15) is 5.82 Å². The van der Waals surface area contributed by atoms with Crippen molar-refractivity contribution in [1.82, 2.24) is 15.0 Å². The third-order valence-corrected chi connectivity index (χ3v) is 2.60. The zero-order chi connectivity index (χ0) is 14.5. The summed E-state index contributed by atoms with van der Waals surface area (Å²) >= 11 is 5.71. The Balaban J connectivity index is 2.27. The summed E-state index contributed by atoms with van der Waals surface area (Å²) in [5, 5.41) is 5.89. The summed E-state index contributed by atoms with van der Waals surface area (Å²) < 4.78 is 18.1. The molecule has 106 valence electrons. The summed E-state index contributed by atoms with van der Waals surface area (Å²) in [4.78, 5) is 12.2. The van der Waals surface area contributed by atoms with E-state index >= 15 is 0 Å². The molecule has 2 rings (SSSR count). The Morgan fingerprint density at radius 1 is 1.25 bits per heavy atom. The van der Waals surface area contributed by atoms with E-state index in [0.29, 0.717) is 18.2 Å². The van der Waals surface area contributed by atoms with Crippen LogP contribution in [0.1, 0.15) is 6.92 Å². The predicted octanol–water partition coefficient (Wildman–Crippen LogP) is 2.85. The molecule has 1 aromatic carbocycles. The lowest BCUT2D eigenvalue weighted by Gasteiger charge is -2.09. The summed E-state index contributed by atoms with van der Waals surface area (Å²) in [6, 6.07) is 4.41. The molecule has 1 heterocycles. The maximum atomic E-state index is 13.1. The van der Waals surface area contributed by atoms with E-state index in [9.17, 15) is 4.39 Å². The number of hydrogen-bond acceptors (Lipinski definition) is 6. The number of nitrogens with zero attached hydrogens (tertiary/aromatic N) is 3. The fraction of sp³-hybridized carbons (Fsp3) is 0.250. The molecular weight excluding hydrogens is 285 g/mol. The highest BCUT2D eigenvalue weighted by molar-refractivity contribution is 6.31. The van der Waals surface area contributed by atoms with Crippen molar-refractivity contribution in [2.24, 2.45) is 0 Å². The van der Waals surface area contributed by atoms with Crippen LogP contribution in [0.5, 0.6) is 6.01 Å². The molecule has 0 aliphatic rings. The van der Waals surface area contributed by atoms with Crippen LogP contribution < -0.4 is 15.4 Å². The molecule has 0 saturated heterocycles. The Kier molecular flexibility index (Phi) is 4.52. The molecule has 0 aliphatic carbocycles. The Morgan fingerprint density at radius 3 is 2.65 bits per heavy atom. The number of methoxy groups -OCH3 is 1. The Bertz CT molecular complexity index is 610. The monoisotopic (exact) mass is 297 g/mol. The molecule has 8 heteroatoms. The molecule has 0 aliphatic heterocycles. The molecule has 6 nitrogen and oxygen atoms in total. The van der Waals surface area contributed by atoms with Crippen molar-refractivity contribution in [3.05, 3.63) is 29.0 Å². The van der Waals surface area contributed by atoms with Gasteiger partial charge in [-0.1, -0.05) is 11.6 Å². The number of hydrogen-bond donors (Lipinski definition) is 2. The van der Waals surface area contributed by atoms with Gasteiger partial charge in [0.25, 0.3) is 0 Å². The third kappa shape index (κ3) is 3.45. The number of aromatic nitrogens is 3. The lowest BCUT2D eigenvalue weighted by atomic mass is 10.3. The molecule has 0 saturated carbocycles. The van der Waals surface area contributed by atoms with Gasteiger partial charge in [-0.2, -0.15) is 15.0 Å². The van der Waals surface area contributed by atoms with Gasteiger partial charge in [-0.15, -0.1) is 0 Å². The summed E-state index contributed by atoms with van der Waals surface area (Å²) in [6.07, 6.45) is 0. The van der Waals surface area contributed by atoms with E-state index < -0.39 is 5.82 Å². The normalized spacial score (nSPS) is 10.2. The molecule has 2 aromatic rings. The van der Waals surface area contributed by atoms with Crippen molar-refractivity contribution in [3.8, 4) is 6.01 Å². The fourth-order valence-corrected chi connectivity index (χ4v) is 1.62. The lowest BCUT2D eigenvalue weighted by Crippen LogP contribution is -2.07. The highest BCUT2D eigenvalue weighted by atomic mass is 35.5. The van der Waals surface area contributed by atoms with Crippen molar-refractivity contribution in [3.63, 3.8) is 0 Å². The molecule has 0 radical (unpaired) electrons. The van der Waals surface area contributed by atoms with Crippen LogP contribution in [0.25, 0.3) is 0 Å². The summed E-state index contributed by atoms with van der Waals surface area (Å²) in [7, 11) is 1.46. The predicted molar refractivity (Wildman–Crippen MR) is 75.2 cm³/mol. The average molecular weight is 298 g/mol. The van der Waals surface area contributed by atoms with Crippen LogP contribution in [-0.2, 0) is 0 Å². The van der Waals surface area contributed by atoms with Gasteiger partial charge in [-0.3, -0.25) is 0 Å². The van der Waals surface area contributed by atoms with E-state index in [4.69, 9.17) is 16.3 Å². The number of benzene rings is 1. The second-order valence-corrected chi connectivity index (χ2v) is 4.16. The molecule has 1 aromatic heterocycles.